The van der Waals surface area contributed by atoms with Crippen molar-refractivity contribution in [3.8, 4) is 5.88 Å². The Morgan fingerprint density at radius 1 is 1.37 bits per heavy atom. The second-order valence-corrected chi connectivity index (χ2v) is 9.55. The molecule has 0 aliphatic rings. The molecule has 0 bridgehead atoms. The Balaban J connectivity index is 2.36. The number of rotatable bonds is 7. The largest absolute Gasteiger partial charge is 0.406 e. The SMILES string of the molecule is C=CC(c1c(Cl)cc(Cl)cc1Cl)S(=O)(=O)Nc1nc(OC(=O)CC)c(C)s1. The fraction of sp³-hybridized carbons (Fsp3) is 0.250. The number of anilines is 1. The van der Waals surface area contributed by atoms with Crippen LogP contribution in [0, 0.1) is 6.92 Å². The monoisotopic (exact) mass is 468 g/mol. The lowest BCUT2D eigenvalue weighted by molar-refractivity contribution is -0.134. The van der Waals surface area contributed by atoms with Crippen molar-refractivity contribution in [2.24, 2.45) is 0 Å². The molecule has 1 unspecified atom stereocenters. The van der Waals surface area contributed by atoms with Crippen LogP contribution >= 0.6 is 46.1 Å². The van der Waals surface area contributed by atoms with Crippen molar-refractivity contribution in [1.82, 2.24) is 4.98 Å². The zero-order valence-electron chi connectivity index (χ0n) is 14.3. The molecule has 1 aromatic heterocycles. The molecule has 0 aliphatic heterocycles. The van der Waals surface area contributed by atoms with Gasteiger partial charge in [0.2, 0.25) is 15.9 Å². The molecule has 0 amide bonds. The highest BCUT2D eigenvalue weighted by molar-refractivity contribution is 7.93. The van der Waals surface area contributed by atoms with Crippen LogP contribution in [0.15, 0.2) is 24.8 Å². The molecule has 1 N–H and O–H groups in total. The van der Waals surface area contributed by atoms with Gasteiger partial charge in [-0.15, -0.1) is 6.58 Å². The molecule has 1 aromatic carbocycles. The van der Waals surface area contributed by atoms with Gasteiger partial charge in [0.25, 0.3) is 0 Å². The third-order valence-corrected chi connectivity index (χ3v) is 6.77. The summed E-state index contributed by atoms with van der Waals surface area (Å²) in [4.78, 5) is 16.0. The van der Waals surface area contributed by atoms with Gasteiger partial charge in [-0.25, -0.2) is 8.42 Å². The van der Waals surface area contributed by atoms with Gasteiger partial charge < -0.3 is 4.74 Å². The molecule has 0 fully saturated rings. The van der Waals surface area contributed by atoms with Gasteiger partial charge in [-0.05, 0) is 19.1 Å². The van der Waals surface area contributed by atoms with Crippen molar-refractivity contribution in [1.29, 1.82) is 0 Å². The van der Waals surface area contributed by atoms with E-state index in [9.17, 15) is 13.2 Å². The maximum Gasteiger partial charge on any atom is 0.312 e. The summed E-state index contributed by atoms with van der Waals surface area (Å²) < 4.78 is 33.1. The van der Waals surface area contributed by atoms with E-state index in [1.54, 1.807) is 13.8 Å². The van der Waals surface area contributed by atoms with Crippen LogP contribution in [0.3, 0.4) is 0 Å². The smallest absolute Gasteiger partial charge is 0.312 e. The molecule has 2 rings (SSSR count). The summed E-state index contributed by atoms with van der Waals surface area (Å²) in [5, 5.41) is -0.744. The molecule has 2 aromatic rings. The number of sulfonamides is 1. The minimum atomic E-state index is -4.05. The maximum absolute atomic E-state index is 12.8. The lowest BCUT2D eigenvalue weighted by Gasteiger charge is -2.17. The average molecular weight is 470 g/mol. The Kier molecular flexibility index (Phi) is 7.15. The van der Waals surface area contributed by atoms with Crippen LogP contribution in [-0.4, -0.2) is 19.4 Å². The second-order valence-electron chi connectivity index (χ2n) is 5.29. The molecule has 1 atom stereocenters. The van der Waals surface area contributed by atoms with Crippen LogP contribution in [0.1, 0.15) is 29.0 Å². The normalized spacial score (nSPS) is 12.5. The summed E-state index contributed by atoms with van der Waals surface area (Å²) in [6.07, 6.45) is 1.37. The third kappa shape index (κ3) is 5.14. The summed E-state index contributed by atoms with van der Waals surface area (Å²) in [5.41, 5.74) is 0.149. The van der Waals surface area contributed by atoms with Crippen LogP contribution in [0.2, 0.25) is 15.1 Å². The molecule has 27 heavy (non-hydrogen) atoms. The number of aromatic nitrogens is 1. The third-order valence-electron chi connectivity index (χ3n) is 3.36. The minimum Gasteiger partial charge on any atom is -0.406 e. The van der Waals surface area contributed by atoms with Crippen molar-refractivity contribution < 1.29 is 17.9 Å². The van der Waals surface area contributed by atoms with Gasteiger partial charge in [0.1, 0.15) is 5.25 Å². The number of aryl methyl sites for hydroxylation is 1. The first-order valence-corrected chi connectivity index (χ1v) is 11.1. The molecule has 11 heteroatoms. The van der Waals surface area contributed by atoms with Crippen molar-refractivity contribution in [2.75, 3.05) is 4.72 Å². The van der Waals surface area contributed by atoms with E-state index in [1.807, 2.05) is 0 Å². The average Bonchev–Trinajstić information content (AvgIpc) is 2.88. The molecular weight excluding hydrogens is 455 g/mol. The van der Waals surface area contributed by atoms with E-state index in [0.29, 0.717) is 4.88 Å². The maximum atomic E-state index is 12.8. The molecule has 0 saturated carbocycles. The van der Waals surface area contributed by atoms with Crippen molar-refractivity contribution in [3.63, 3.8) is 0 Å². The van der Waals surface area contributed by atoms with Crippen LogP contribution < -0.4 is 9.46 Å². The summed E-state index contributed by atoms with van der Waals surface area (Å²) in [5.74, 6) is -0.413. The standard InChI is InChI=1S/C16H15Cl3N2O4S2/c1-4-12(14-10(18)6-9(17)7-11(14)19)27(23,24)21-16-20-15(8(3)26-16)25-13(22)5-2/h4,6-7,12H,1,5H2,2-3H3,(H,20,21). The van der Waals surface area contributed by atoms with Gasteiger partial charge >= 0.3 is 5.97 Å². The number of hydrogen-bond donors (Lipinski definition) is 1. The van der Waals surface area contributed by atoms with Crippen LogP contribution in [0.5, 0.6) is 5.88 Å². The zero-order valence-corrected chi connectivity index (χ0v) is 18.2. The number of nitrogens with one attached hydrogen (secondary N) is 1. The van der Waals surface area contributed by atoms with E-state index in [4.69, 9.17) is 39.5 Å². The van der Waals surface area contributed by atoms with Gasteiger partial charge in [0.05, 0.1) is 4.88 Å². The molecule has 0 spiro atoms. The zero-order chi connectivity index (χ0) is 20.4. The molecule has 1 heterocycles. The lowest BCUT2D eigenvalue weighted by Crippen LogP contribution is -2.20. The highest BCUT2D eigenvalue weighted by atomic mass is 35.5. The van der Waals surface area contributed by atoms with E-state index >= 15 is 0 Å². The highest BCUT2D eigenvalue weighted by Gasteiger charge is 2.30. The van der Waals surface area contributed by atoms with Crippen LogP contribution in [-0.2, 0) is 14.8 Å². The molecule has 0 aliphatic carbocycles. The Hall–Kier alpha value is -1.32. The topological polar surface area (TPSA) is 85.4 Å². The van der Waals surface area contributed by atoms with Crippen molar-refractivity contribution in [3.05, 3.63) is 50.3 Å². The molecule has 0 radical (unpaired) electrons. The lowest BCUT2D eigenvalue weighted by atomic mass is 10.1. The summed E-state index contributed by atoms with van der Waals surface area (Å²) >= 11 is 19.2. The van der Waals surface area contributed by atoms with E-state index in [-0.39, 0.29) is 38.1 Å². The highest BCUT2D eigenvalue weighted by Crippen LogP contribution is 2.39. The minimum absolute atomic E-state index is 0.0412. The number of ether oxygens (including phenoxy) is 1. The number of carbonyl (C=O) groups excluding carboxylic acids is 1. The van der Waals surface area contributed by atoms with E-state index < -0.39 is 21.2 Å². The Labute approximate surface area is 176 Å². The Morgan fingerprint density at radius 3 is 2.48 bits per heavy atom. The van der Waals surface area contributed by atoms with E-state index in [0.717, 1.165) is 11.3 Å². The van der Waals surface area contributed by atoms with E-state index in [1.165, 1.54) is 18.2 Å². The Morgan fingerprint density at radius 2 is 1.96 bits per heavy atom. The number of halogens is 3. The Bertz CT molecular complexity index is 967. The number of thiazole rings is 1. The van der Waals surface area contributed by atoms with Gasteiger partial charge in [-0.2, -0.15) is 4.98 Å². The second kappa shape index (κ2) is 8.79. The summed E-state index contributed by atoms with van der Waals surface area (Å²) in [7, 11) is -4.05. The molecule has 146 valence electrons. The first-order valence-electron chi connectivity index (χ1n) is 7.55. The quantitative estimate of drug-likeness (QED) is 0.433. The van der Waals surface area contributed by atoms with Crippen molar-refractivity contribution >= 4 is 67.3 Å². The summed E-state index contributed by atoms with van der Waals surface area (Å²) in [6, 6.07) is 2.79. The number of nitrogens with zero attached hydrogens (tertiary/aromatic N) is 1. The predicted molar refractivity (Wildman–Crippen MR) is 110 cm³/mol. The van der Waals surface area contributed by atoms with Crippen LogP contribution in [0.4, 0.5) is 5.13 Å². The fourth-order valence-corrected chi connectivity index (χ4v) is 5.63. The number of carbonyl (C=O) groups is 1. The van der Waals surface area contributed by atoms with Gasteiger partial charge in [-0.3, -0.25) is 9.52 Å². The number of esters is 1. The first kappa shape index (κ1) is 22.0. The number of hydrogen-bond acceptors (Lipinski definition) is 6. The van der Waals surface area contributed by atoms with Gasteiger partial charge in [0.15, 0.2) is 5.13 Å². The molecule has 6 nitrogen and oxygen atoms in total. The number of benzene rings is 1. The van der Waals surface area contributed by atoms with Gasteiger partial charge in [0, 0.05) is 27.1 Å². The fourth-order valence-electron chi connectivity index (χ4n) is 2.11. The van der Waals surface area contributed by atoms with Crippen LogP contribution in [0.25, 0.3) is 0 Å². The van der Waals surface area contributed by atoms with Gasteiger partial charge in [-0.1, -0.05) is 59.1 Å². The molecular formula is C16H15Cl3N2O4S2. The summed E-state index contributed by atoms with van der Waals surface area (Å²) in [6.45, 7) is 6.87. The first-order chi connectivity index (χ1) is 12.6. The van der Waals surface area contributed by atoms with E-state index in [2.05, 4.69) is 16.3 Å². The predicted octanol–water partition coefficient (Wildman–Crippen LogP) is 5.40. The van der Waals surface area contributed by atoms with Crippen molar-refractivity contribution in [2.45, 2.75) is 25.5 Å². The molecule has 0 saturated heterocycles.